The van der Waals surface area contributed by atoms with Gasteiger partial charge in [-0.05, 0) is 55.4 Å². The van der Waals surface area contributed by atoms with Crippen molar-refractivity contribution in [2.75, 3.05) is 17.1 Å². The second kappa shape index (κ2) is 12.9. The molecule has 0 aliphatic carbocycles. The number of nitrogens with one attached hydrogen (secondary N) is 1. The van der Waals surface area contributed by atoms with Crippen molar-refractivity contribution in [1.29, 1.82) is 0 Å². The van der Waals surface area contributed by atoms with E-state index < -0.39 is 22.0 Å². The van der Waals surface area contributed by atoms with Crippen LogP contribution in [-0.2, 0) is 26.2 Å². The van der Waals surface area contributed by atoms with Gasteiger partial charge in [-0.2, -0.15) is 0 Å². The minimum absolute atomic E-state index is 0.0348. The smallest absolute Gasteiger partial charge is 0.244 e. The Morgan fingerprint density at radius 2 is 1.56 bits per heavy atom. The highest BCUT2D eigenvalue weighted by atomic mass is 32.2. The predicted molar refractivity (Wildman–Crippen MR) is 146 cm³/mol. The first kappa shape index (κ1) is 29.4. The summed E-state index contributed by atoms with van der Waals surface area (Å²) in [5.41, 5.74) is 3.23. The Morgan fingerprint density at radius 3 is 2.11 bits per heavy atom. The third kappa shape index (κ3) is 7.56. The average molecular weight is 516 g/mol. The number of sulfonamides is 1. The van der Waals surface area contributed by atoms with E-state index in [9.17, 15) is 18.0 Å². The molecule has 0 saturated heterocycles. The SMILES string of the molecule is CCC(C)NC(=O)C(CC)N(Cc1ccccc1C)C(=O)CN(c1ccccc1C(C)C)S(C)(=O)=O. The Balaban J connectivity index is 2.52. The van der Waals surface area contributed by atoms with Crippen molar-refractivity contribution in [2.45, 2.75) is 78.9 Å². The van der Waals surface area contributed by atoms with Gasteiger partial charge in [-0.3, -0.25) is 13.9 Å². The van der Waals surface area contributed by atoms with Crippen LogP contribution in [0, 0.1) is 6.92 Å². The molecule has 36 heavy (non-hydrogen) atoms. The molecule has 0 bridgehead atoms. The molecule has 8 heteroatoms. The molecule has 0 radical (unpaired) electrons. The number of carbonyl (C=O) groups excluding carboxylic acids is 2. The molecule has 0 heterocycles. The lowest BCUT2D eigenvalue weighted by Crippen LogP contribution is -2.53. The van der Waals surface area contributed by atoms with Gasteiger partial charge in [-0.15, -0.1) is 0 Å². The van der Waals surface area contributed by atoms with Crippen molar-refractivity contribution < 1.29 is 18.0 Å². The van der Waals surface area contributed by atoms with Crippen molar-refractivity contribution >= 4 is 27.5 Å². The van der Waals surface area contributed by atoms with E-state index in [2.05, 4.69) is 5.32 Å². The van der Waals surface area contributed by atoms with E-state index in [1.165, 1.54) is 4.90 Å². The zero-order chi connectivity index (χ0) is 27.0. The van der Waals surface area contributed by atoms with Crippen LogP contribution in [0.4, 0.5) is 5.69 Å². The first-order valence-corrected chi connectivity index (χ1v) is 14.5. The van der Waals surface area contributed by atoms with Crippen LogP contribution in [-0.4, -0.2) is 50.0 Å². The van der Waals surface area contributed by atoms with Gasteiger partial charge in [0.05, 0.1) is 11.9 Å². The predicted octanol–water partition coefficient (Wildman–Crippen LogP) is 4.61. The van der Waals surface area contributed by atoms with Crippen LogP contribution < -0.4 is 9.62 Å². The number of benzene rings is 2. The third-order valence-corrected chi connectivity index (χ3v) is 7.62. The molecule has 0 aromatic heterocycles. The number of para-hydroxylation sites is 1. The molecule has 2 aromatic carbocycles. The fourth-order valence-electron chi connectivity index (χ4n) is 4.13. The minimum atomic E-state index is -3.77. The number of rotatable bonds is 12. The molecule has 2 unspecified atom stereocenters. The molecule has 0 aliphatic heterocycles. The van der Waals surface area contributed by atoms with Crippen LogP contribution in [0.2, 0.25) is 0 Å². The van der Waals surface area contributed by atoms with E-state index in [1.807, 2.05) is 77.9 Å². The molecule has 2 amide bonds. The Bertz CT molecular complexity index is 1150. The number of anilines is 1. The number of carbonyl (C=O) groups is 2. The maximum absolute atomic E-state index is 13.9. The molecule has 0 spiro atoms. The van der Waals surface area contributed by atoms with Crippen molar-refractivity contribution in [1.82, 2.24) is 10.2 Å². The number of nitrogens with zero attached hydrogens (tertiary/aromatic N) is 2. The largest absolute Gasteiger partial charge is 0.352 e. The summed E-state index contributed by atoms with van der Waals surface area (Å²) in [6.07, 6.45) is 2.28. The Labute approximate surface area is 216 Å². The first-order chi connectivity index (χ1) is 16.9. The van der Waals surface area contributed by atoms with E-state index in [1.54, 1.807) is 12.1 Å². The topological polar surface area (TPSA) is 86.8 Å². The summed E-state index contributed by atoms with van der Waals surface area (Å²) < 4.78 is 27.0. The van der Waals surface area contributed by atoms with Crippen molar-refractivity contribution in [3.8, 4) is 0 Å². The Morgan fingerprint density at radius 1 is 0.944 bits per heavy atom. The standard InChI is InChI=1S/C28H41N3O4S/c1-8-22(6)29-28(33)25(9-2)30(18-23-15-11-10-14-21(23)5)27(32)19-31(36(7,34)35)26-17-13-12-16-24(26)20(3)4/h10-17,20,22,25H,8-9,18-19H2,1-7H3,(H,29,33). The minimum Gasteiger partial charge on any atom is -0.352 e. The van der Waals surface area contributed by atoms with Crippen LogP contribution in [0.1, 0.15) is 70.1 Å². The van der Waals surface area contributed by atoms with Crippen LogP contribution >= 0.6 is 0 Å². The summed E-state index contributed by atoms with van der Waals surface area (Å²) in [6, 6.07) is 14.2. The second-order valence-electron chi connectivity index (χ2n) is 9.67. The first-order valence-electron chi connectivity index (χ1n) is 12.6. The maximum Gasteiger partial charge on any atom is 0.244 e. The summed E-state index contributed by atoms with van der Waals surface area (Å²) in [5, 5.41) is 2.99. The number of hydrogen-bond donors (Lipinski definition) is 1. The Kier molecular flexibility index (Phi) is 10.5. The number of amides is 2. The Hall–Kier alpha value is -2.87. The molecule has 2 aromatic rings. The normalized spacial score (nSPS) is 13.2. The van der Waals surface area contributed by atoms with Crippen LogP contribution in [0.3, 0.4) is 0 Å². The van der Waals surface area contributed by atoms with Gasteiger partial charge in [0.2, 0.25) is 21.8 Å². The van der Waals surface area contributed by atoms with Crippen LogP contribution in [0.25, 0.3) is 0 Å². The van der Waals surface area contributed by atoms with Gasteiger partial charge < -0.3 is 10.2 Å². The number of aryl methyl sites for hydroxylation is 1. The summed E-state index contributed by atoms with van der Waals surface area (Å²) in [7, 11) is -3.77. The van der Waals surface area contributed by atoms with E-state index in [0.717, 1.165) is 33.7 Å². The molecule has 198 valence electrons. The van der Waals surface area contributed by atoms with Gasteiger partial charge in [0.15, 0.2) is 0 Å². The molecule has 0 aliphatic rings. The van der Waals surface area contributed by atoms with Gasteiger partial charge in [0.1, 0.15) is 12.6 Å². The van der Waals surface area contributed by atoms with Crippen molar-refractivity contribution in [3.05, 3.63) is 65.2 Å². The lowest BCUT2D eigenvalue weighted by Gasteiger charge is -2.34. The van der Waals surface area contributed by atoms with E-state index in [0.29, 0.717) is 12.1 Å². The van der Waals surface area contributed by atoms with Gasteiger partial charge in [-0.1, -0.05) is 70.2 Å². The van der Waals surface area contributed by atoms with E-state index >= 15 is 0 Å². The maximum atomic E-state index is 13.9. The fourth-order valence-corrected chi connectivity index (χ4v) is 5.00. The highest BCUT2D eigenvalue weighted by molar-refractivity contribution is 7.92. The molecular weight excluding hydrogens is 474 g/mol. The zero-order valence-corrected chi connectivity index (χ0v) is 23.4. The monoisotopic (exact) mass is 515 g/mol. The molecule has 2 rings (SSSR count). The molecular formula is C28H41N3O4S. The van der Waals surface area contributed by atoms with Crippen molar-refractivity contribution in [3.63, 3.8) is 0 Å². The summed E-state index contributed by atoms with van der Waals surface area (Å²) in [5.74, 6) is -0.594. The van der Waals surface area contributed by atoms with Gasteiger partial charge in [0.25, 0.3) is 0 Å². The number of hydrogen-bond acceptors (Lipinski definition) is 4. The third-order valence-electron chi connectivity index (χ3n) is 6.50. The lowest BCUT2D eigenvalue weighted by molar-refractivity contribution is -0.140. The quantitative estimate of drug-likeness (QED) is 0.447. The van der Waals surface area contributed by atoms with E-state index in [-0.39, 0.29) is 31.0 Å². The highest BCUT2D eigenvalue weighted by Crippen LogP contribution is 2.29. The second-order valence-corrected chi connectivity index (χ2v) is 11.6. The summed E-state index contributed by atoms with van der Waals surface area (Å²) in [6.45, 7) is 11.5. The fraction of sp³-hybridized carbons (Fsp3) is 0.500. The highest BCUT2D eigenvalue weighted by Gasteiger charge is 2.33. The van der Waals surface area contributed by atoms with Gasteiger partial charge in [0, 0.05) is 12.6 Å². The average Bonchev–Trinajstić information content (AvgIpc) is 2.82. The molecule has 0 saturated carbocycles. The molecule has 7 nitrogen and oxygen atoms in total. The van der Waals surface area contributed by atoms with Crippen LogP contribution in [0.15, 0.2) is 48.5 Å². The molecule has 0 fully saturated rings. The summed E-state index contributed by atoms with van der Waals surface area (Å²) >= 11 is 0. The summed E-state index contributed by atoms with van der Waals surface area (Å²) in [4.78, 5) is 28.6. The lowest BCUT2D eigenvalue weighted by atomic mass is 10.0. The van der Waals surface area contributed by atoms with Crippen LogP contribution in [0.5, 0.6) is 0 Å². The zero-order valence-electron chi connectivity index (χ0n) is 22.6. The molecule has 2 atom stereocenters. The van der Waals surface area contributed by atoms with Gasteiger partial charge >= 0.3 is 0 Å². The van der Waals surface area contributed by atoms with E-state index in [4.69, 9.17) is 0 Å². The molecule has 1 N–H and O–H groups in total. The van der Waals surface area contributed by atoms with Crippen molar-refractivity contribution in [2.24, 2.45) is 0 Å². The van der Waals surface area contributed by atoms with Gasteiger partial charge in [-0.25, -0.2) is 8.42 Å².